The molecule has 2 saturated heterocycles. The molecule has 0 saturated carbocycles. The zero-order valence-corrected chi connectivity index (χ0v) is 11.4. The minimum absolute atomic E-state index is 0.0669. The lowest BCUT2D eigenvalue weighted by Gasteiger charge is -2.34. The summed E-state index contributed by atoms with van der Waals surface area (Å²) in [6, 6.07) is -0.540. The van der Waals surface area contributed by atoms with Gasteiger partial charge in [0, 0.05) is 13.2 Å². The highest BCUT2D eigenvalue weighted by molar-refractivity contribution is 5.84. The molecule has 0 aromatic rings. The highest BCUT2D eigenvalue weighted by Gasteiger charge is 2.34. The fourth-order valence-corrected chi connectivity index (χ4v) is 2.56. The summed E-state index contributed by atoms with van der Waals surface area (Å²) < 4.78 is 10.3. The second kappa shape index (κ2) is 6.75. The lowest BCUT2D eigenvalue weighted by atomic mass is 10.0. The topological polar surface area (TPSA) is 67.9 Å². The van der Waals surface area contributed by atoms with Crippen molar-refractivity contribution in [1.82, 2.24) is 10.2 Å². The van der Waals surface area contributed by atoms with E-state index in [2.05, 4.69) is 5.32 Å². The van der Waals surface area contributed by atoms with E-state index in [4.69, 9.17) is 9.47 Å². The van der Waals surface area contributed by atoms with Crippen LogP contribution in [0, 0.1) is 0 Å². The molecule has 2 aliphatic heterocycles. The predicted octanol–water partition coefficient (Wildman–Crippen LogP) is 0.902. The summed E-state index contributed by atoms with van der Waals surface area (Å²) in [6.45, 7) is 3.99. The second-order valence-corrected chi connectivity index (χ2v) is 4.97. The Hall–Kier alpha value is -1.30. The van der Waals surface area contributed by atoms with Crippen LogP contribution in [0.5, 0.6) is 0 Å². The van der Waals surface area contributed by atoms with Gasteiger partial charge in [0.25, 0.3) is 0 Å². The number of piperidine rings is 1. The Morgan fingerprint density at radius 3 is 2.89 bits per heavy atom. The van der Waals surface area contributed by atoms with Crippen LogP contribution in [0.3, 0.4) is 0 Å². The van der Waals surface area contributed by atoms with Gasteiger partial charge in [-0.3, -0.25) is 0 Å². The van der Waals surface area contributed by atoms with Crippen LogP contribution in [-0.2, 0) is 14.3 Å². The van der Waals surface area contributed by atoms with E-state index in [9.17, 15) is 9.59 Å². The Morgan fingerprint density at radius 2 is 2.21 bits per heavy atom. The van der Waals surface area contributed by atoms with E-state index in [1.54, 1.807) is 11.8 Å². The molecule has 108 valence electrons. The third-order valence-electron chi connectivity index (χ3n) is 3.58. The molecule has 0 aromatic carbocycles. The van der Waals surface area contributed by atoms with Gasteiger partial charge in [-0.25, -0.2) is 9.59 Å². The fraction of sp³-hybridized carbons (Fsp3) is 0.846. The van der Waals surface area contributed by atoms with Crippen LogP contribution in [0.25, 0.3) is 0 Å². The van der Waals surface area contributed by atoms with E-state index in [1.807, 2.05) is 0 Å². The summed E-state index contributed by atoms with van der Waals surface area (Å²) in [4.78, 5) is 25.7. The Bertz CT molecular complexity index is 329. The molecule has 2 fully saturated rings. The lowest BCUT2D eigenvalue weighted by molar-refractivity contribution is -0.149. The summed E-state index contributed by atoms with van der Waals surface area (Å²) in [5.41, 5.74) is 0. The van der Waals surface area contributed by atoms with Crippen LogP contribution in [0.15, 0.2) is 0 Å². The molecule has 2 unspecified atom stereocenters. The number of amides is 2. The number of ether oxygens (including phenoxy) is 2. The van der Waals surface area contributed by atoms with E-state index < -0.39 is 6.04 Å². The van der Waals surface area contributed by atoms with Gasteiger partial charge in [-0.15, -0.1) is 0 Å². The molecule has 2 rings (SSSR count). The molecule has 2 aliphatic rings. The summed E-state index contributed by atoms with van der Waals surface area (Å²) >= 11 is 0. The molecule has 2 heterocycles. The second-order valence-electron chi connectivity index (χ2n) is 4.97. The van der Waals surface area contributed by atoms with Crippen LogP contribution in [0.2, 0.25) is 0 Å². The molecule has 0 radical (unpaired) electrons. The molecule has 1 N–H and O–H groups in total. The van der Waals surface area contributed by atoms with Gasteiger partial charge in [0.05, 0.1) is 19.3 Å². The van der Waals surface area contributed by atoms with Gasteiger partial charge in [0.15, 0.2) is 0 Å². The van der Waals surface area contributed by atoms with Crippen LogP contribution >= 0.6 is 0 Å². The van der Waals surface area contributed by atoms with E-state index in [-0.39, 0.29) is 18.0 Å². The first-order valence-electron chi connectivity index (χ1n) is 7.04. The average molecular weight is 270 g/mol. The van der Waals surface area contributed by atoms with Gasteiger partial charge >= 0.3 is 12.0 Å². The number of esters is 1. The number of nitrogens with one attached hydrogen (secondary N) is 1. The molecular formula is C13H22N2O4. The summed E-state index contributed by atoms with van der Waals surface area (Å²) in [7, 11) is 0. The van der Waals surface area contributed by atoms with Crippen LogP contribution in [0.1, 0.15) is 32.6 Å². The first-order chi connectivity index (χ1) is 9.22. The van der Waals surface area contributed by atoms with Crippen molar-refractivity contribution >= 4 is 12.0 Å². The first-order valence-corrected chi connectivity index (χ1v) is 7.04. The molecule has 6 nitrogen and oxygen atoms in total. The van der Waals surface area contributed by atoms with Crippen molar-refractivity contribution in [2.75, 3.05) is 26.4 Å². The first kappa shape index (κ1) is 14.1. The Kier molecular flexibility index (Phi) is 5.01. The van der Waals surface area contributed by atoms with Crippen molar-refractivity contribution in [3.63, 3.8) is 0 Å². The van der Waals surface area contributed by atoms with E-state index >= 15 is 0 Å². The Labute approximate surface area is 113 Å². The molecule has 0 bridgehead atoms. The van der Waals surface area contributed by atoms with Crippen LogP contribution in [-0.4, -0.2) is 55.3 Å². The number of hydrogen-bond acceptors (Lipinski definition) is 4. The zero-order chi connectivity index (χ0) is 13.7. The third-order valence-corrected chi connectivity index (χ3v) is 3.58. The van der Waals surface area contributed by atoms with Crippen molar-refractivity contribution in [2.45, 2.75) is 44.7 Å². The van der Waals surface area contributed by atoms with Crippen molar-refractivity contribution in [3.05, 3.63) is 0 Å². The summed E-state index contributed by atoms with van der Waals surface area (Å²) in [5.74, 6) is -0.292. The molecule has 0 aliphatic carbocycles. The number of nitrogens with zero attached hydrogens (tertiary/aromatic N) is 1. The highest BCUT2D eigenvalue weighted by Crippen LogP contribution is 2.19. The monoisotopic (exact) mass is 270 g/mol. The number of likely N-dealkylation sites (tertiary alicyclic amines) is 1. The normalized spacial score (nSPS) is 27.1. The average Bonchev–Trinajstić information content (AvgIpc) is 2.92. The molecule has 6 heteroatoms. The number of carbonyl (C=O) groups excluding carboxylic acids is 2. The van der Waals surface area contributed by atoms with Crippen LogP contribution < -0.4 is 5.32 Å². The van der Waals surface area contributed by atoms with Gasteiger partial charge in [0.2, 0.25) is 0 Å². The fourth-order valence-electron chi connectivity index (χ4n) is 2.56. The van der Waals surface area contributed by atoms with Gasteiger partial charge in [-0.2, -0.15) is 0 Å². The van der Waals surface area contributed by atoms with Gasteiger partial charge < -0.3 is 19.7 Å². The van der Waals surface area contributed by atoms with E-state index in [1.165, 1.54) is 0 Å². The smallest absolute Gasteiger partial charge is 0.328 e. The Balaban J connectivity index is 1.93. The lowest BCUT2D eigenvalue weighted by Crippen LogP contribution is -2.54. The number of hydrogen-bond donors (Lipinski definition) is 1. The Morgan fingerprint density at radius 1 is 1.37 bits per heavy atom. The molecular weight excluding hydrogens is 248 g/mol. The standard InChI is InChI=1S/C13H22N2O4/c1-2-19-12(16)11-5-3-4-7-15(11)13(17)14-10-6-8-18-9-10/h10-11H,2-9H2,1H3,(H,14,17). The number of carbonyl (C=O) groups is 2. The largest absolute Gasteiger partial charge is 0.464 e. The molecule has 19 heavy (non-hydrogen) atoms. The minimum Gasteiger partial charge on any atom is -0.464 e. The molecule has 0 spiro atoms. The maximum absolute atomic E-state index is 12.2. The molecule has 2 atom stereocenters. The van der Waals surface area contributed by atoms with E-state index in [0.717, 1.165) is 19.3 Å². The van der Waals surface area contributed by atoms with Crippen LogP contribution in [0.4, 0.5) is 4.79 Å². The molecule has 2 amide bonds. The van der Waals surface area contributed by atoms with E-state index in [0.29, 0.717) is 32.8 Å². The highest BCUT2D eigenvalue weighted by atomic mass is 16.5. The number of urea groups is 1. The van der Waals surface area contributed by atoms with Crippen molar-refractivity contribution in [1.29, 1.82) is 0 Å². The van der Waals surface area contributed by atoms with Crippen molar-refractivity contribution < 1.29 is 19.1 Å². The van der Waals surface area contributed by atoms with Crippen molar-refractivity contribution in [3.8, 4) is 0 Å². The van der Waals surface area contributed by atoms with Gasteiger partial charge in [-0.1, -0.05) is 0 Å². The quantitative estimate of drug-likeness (QED) is 0.774. The number of rotatable bonds is 3. The maximum atomic E-state index is 12.2. The zero-order valence-electron chi connectivity index (χ0n) is 11.4. The third kappa shape index (κ3) is 3.59. The summed E-state index contributed by atoms with van der Waals surface area (Å²) in [6.07, 6.45) is 3.42. The van der Waals surface area contributed by atoms with Crippen molar-refractivity contribution in [2.24, 2.45) is 0 Å². The van der Waals surface area contributed by atoms with Gasteiger partial charge in [-0.05, 0) is 32.6 Å². The maximum Gasteiger partial charge on any atom is 0.328 e. The molecule has 0 aromatic heterocycles. The summed E-state index contributed by atoms with van der Waals surface area (Å²) in [5, 5.41) is 2.93. The predicted molar refractivity (Wildman–Crippen MR) is 68.7 cm³/mol. The SMILES string of the molecule is CCOC(=O)C1CCCCN1C(=O)NC1CCOC1. The minimum atomic E-state index is -0.434. The van der Waals surface area contributed by atoms with Gasteiger partial charge in [0.1, 0.15) is 6.04 Å².